The summed E-state index contributed by atoms with van der Waals surface area (Å²) in [6, 6.07) is 10.6. The second kappa shape index (κ2) is 13.0. The first-order valence-corrected chi connectivity index (χ1v) is 12.6. The molecule has 2 aromatic rings. The van der Waals surface area contributed by atoms with Crippen molar-refractivity contribution in [1.82, 2.24) is 4.98 Å². The molecule has 1 fully saturated rings. The van der Waals surface area contributed by atoms with Crippen LogP contribution >= 0.6 is 0 Å². The Kier molecular flexibility index (Phi) is 9.21. The SMILES string of the molecule is O=C(CC1=C/C(F)=C\CC/C=C\1)Nc1ccc(N2CCC(COCc3cccc(C(=O)O)c3)CC2)nc1. The largest absolute Gasteiger partial charge is 0.478 e. The molecule has 1 aliphatic heterocycles. The number of hydrogen-bond acceptors (Lipinski definition) is 5. The van der Waals surface area contributed by atoms with Crippen molar-refractivity contribution >= 4 is 23.4 Å². The number of halogens is 1. The van der Waals surface area contributed by atoms with Gasteiger partial charge >= 0.3 is 5.97 Å². The molecule has 1 aromatic heterocycles. The fourth-order valence-electron chi connectivity index (χ4n) is 4.45. The molecule has 194 valence electrons. The number of ether oxygens (including phenoxy) is 1. The van der Waals surface area contributed by atoms with Gasteiger partial charge in [0.05, 0.1) is 30.5 Å². The normalized spacial score (nSPS) is 20.1. The van der Waals surface area contributed by atoms with Gasteiger partial charge in [0.2, 0.25) is 5.91 Å². The third kappa shape index (κ3) is 8.11. The molecule has 2 heterocycles. The molecule has 37 heavy (non-hydrogen) atoms. The fourth-order valence-corrected chi connectivity index (χ4v) is 4.45. The smallest absolute Gasteiger partial charge is 0.335 e. The van der Waals surface area contributed by atoms with Crippen LogP contribution in [-0.4, -0.2) is 41.7 Å². The maximum absolute atomic E-state index is 13.7. The van der Waals surface area contributed by atoms with Crippen LogP contribution in [0.5, 0.6) is 0 Å². The van der Waals surface area contributed by atoms with Gasteiger partial charge in [0.1, 0.15) is 11.6 Å². The molecular formula is C29H32FN3O4. The summed E-state index contributed by atoms with van der Waals surface area (Å²) in [5.41, 5.74) is 2.37. The fraction of sp³-hybridized carbons (Fsp3) is 0.345. The summed E-state index contributed by atoms with van der Waals surface area (Å²) in [6.45, 7) is 2.76. The number of nitrogens with zero attached hydrogens (tertiary/aromatic N) is 2. The number of carbonyl (C=O) groups excluding carboxylic acids is 1. The number of benzene rings is 1. The number of allylic oxidation sites excluding steroid dienone is 5. The zero-order valence-corrected chi connectivity index (χ0v) is 20.7. The number of carbonyl (C=O) groups is 2. The van der Waals surface area contributed by atoms with Crippen LogP contribution < -0.4 is 10.2 Å². The summed E-state index contributed by atoms with van der Waals surface area (Å²) in [4.78, 5) is 30.3. The first-order valence-electron chi connectivity index (χ1n) is 12.6. The van der Waals surface area contributed by atoms with E-state index < -0.39 is 5.97 Å². The topological polar surface area (TPSA) is 91.8 Å². The summed E-state index contributed by atoms with van der Waals surface area (Å²) in [6.07, 6.45) is 11.8. The number of nitrogens with one attached hydrogen (secondary N) is 1. The number of aromatic nitrogens is 1. The first kappa shape index (κ1) is 26.3. The number of aromatic carboxylic acids is 1. The molecule has 0 atom stereocenters. The average molecular weight is 506 g/mol. The molecule has 0 spiro atoms. The lowest BCUT2D eigenvalue weighted by Gasteiger charge is -2.32. The standard InChI is InChI=1S/C29H32FN3O4/c30-25-8-3-1-2-5-22(16-25)17-28(34)32-26-9-10-27(31-18-26)33-13-11-21(12-14-33)19-37-20-23-6-4-7-24(15-23)29(35)36/h2,4-10,15-16,18,21H,1,3,11-14,17,19-20H2,(H,32,34)(H,35,36)/b5-2-,22-16+,25-8+. The number of anilines is 2. The van der Waals surface area contributed by atoms with Gasteiger partial charge in [-0.15, -0.1) is 0 Å². The van der Waals surface area contributed by atoms with E-state index in [1.54, 1.807) is 30.5 Å². The number of piperidine rings is 1. The maximum atomic E-state index is 13.7. The van der Waals surface area contributed by atoms with Crippen LogP contribution in [0, 0.1) is 5.92 Å². The number of carboxylic acid groups (broad SMARTS) is 1. The molecule has 0 bridgehead atoms. The predicted octanol–water partition coefficient (Wildman–Crippen LogP) is 5.67. The van der Waals surface area contributed by atoms with Gasteiger partial charge in [-0.05, 0) is 79.2 Å². The molecule has 0 radical (unpaired) electrons. The third-order valence-corrected chi connectivity index (χ3v) is 6.46. The summed E-state index contributed by atoms with van der Waals surface area (Å²) < 4.78 is 19.6. The average Bonchev–Trinajstić information content (AvgIpc) is 2.88. The van der Waals surface area contributed by atoms with Crippen molar-refractivity contribution in [2.45, 2.75) is 38.7 Å². The third-order valence-electron chi connectivity index (χ3n) is 6.46. The van der Waals surface area contributed by atoms with E-state index in [9.17, 15) is 14.0 Å². The number of hydrogen-bond donors (Lipinski definition) is 2. The van der Waals surface area contributed by atoms with Gasteiger partial charge in [-0.1, -0.05) is 24.3 Å². The Labute approximate surface area is 216 Å². The van der Waals surface area contributed by atoms with Crippen LogP contribution in [-0.2, 0) is 16.1 Å². The summed E-state index contributed by atoms with van der Waals surface area (Å²) in [5.74, 6) is -0.157. The Morgan fingerprint density at radius 1 is 1.16 bits per heavy atom. The van der Waals surface area contributed by atoms with Crippen LogP contribution in [0.1, 0.15) is 48.0 Å². The van der Waals surface area contributed by atoms with E-state index in [0.717, 1.165) is 43.7 Å². The lowest BCUT2D eigenvalue weighted by molar-refractivity contribution is -0.115. The minimum atomic E-state index is -0.937. The summed E-state index contributed by atoms with van der Waals surface area (Å²) in [5, 5.41) is 11.9. The molecule has 2 N–H and O–H groups in total. The van der Waals surface area contributed by atoms with Crippen molar-refractivity contribution in [3.05, 3.63) is 89.4 Å². The van der Waals surface area contributed by atoms with Crippen molar-refractivity contribution in [3.63, 3.8) is 0 Å². The lowest BCUT2D eigenvalue weighted by atomic mass is 9.98. The van der Waals surface area contributed by atoms with Crippen LogP contribution in [0.2, 0.25) is 0 Å². The first-order chi connectivity index (χ1) is 18.0. The lowest BCUT2D eigenvalue weighted by Crippen LogP contribution is -2.35. The van der Waals surface area contributed by atoms with E-state index in [-0.39, 0.29) is 23.7 Å². The highest BCUT2D eigenvalue weighted by molar-refractivity contribution is 5.92. The zero-order chi connectivity index (χ0) is 26.0. The Bertz CT molecular complexity index is 1180. The molecule has 0 saturated carbocycles. The van der Waals surface area contributed by atoms with Gasteiger partial charge in [0.25, 0.3) is 0 Å². The molecule has 1 amide bonds. The predicted molar refractivity (Wildman–Crippen MR) is 141 cm³/mol. The van der Waals surface area contributed by atoms with Crippen LogP contribution in [0.15, 0.2) is 78.3 Å². The molecule has 2 aliphatic rings. The van der Waals surface area contributed by atoms with Gasteiger partial charge in [-0.2, -0.15) is 0 Å². The van der Waals surface area contributed by atoms with E-state index in [4.69, 9.17) is 9.84 Å². The van der Waals surface area contributed by atoms with Gasteiger partial charge in [-0.25, -0.2) is 14.2 Å². The molecule has 1 saturated heterocycles. The van der Waals surface area contributed by atoms with E-state index in [2.05, 4.69) is 15.2 Å². The minimum absolute atomic E-state index is 0.0973. The minimum Gasteiger partial charge on any atom is -0.478 e. The van der Waals surface area contributed by atoms with Crippen LogP contribution in [0.4, 0.5) is 15.9 Å². The Balaban J connectivity index is 1.20. The molecule has 1 aromatic carbocycles. The molecule has 4 rings (SSSR count). The molecule has 1 aliphatic carbocycles. The van der Waals surface area contributed by atoms with Gasteiger partial charge < -0.3 is 20.1 Å². The van der Waals surface area contributed by atoms with Crippen molar-refractivity contribution in [2.24, 2.45) is 5.92 Å². The number of rotatable bonds is 9. The van der Waals surface area contributed by atoms with E-state index >= 15 is 0 Å². The van der Waals surface area contributed by atoms with Gasteiger partial charge in [0, 0.05) is 19.7 Å². The van der Waals surface area contributed by atoms with Crippen LogP contribution in [0.25, 0.3) is 0 Å². The Morgan fingerprint density at radius 3 is 2.76 bits per heavy atom. The van der Waals surface area contributed by atoms with E-state index in [0.29, 0.717) is 36.8 Å². The van der Waals surface area contributed by atoms with Crippen molar-refractivity contribution in [3.8, 4) is 0 Å². The Morgan fingerprint density at radius 2 is 2.00 bits per heavy atom. The number of amides is 1. The molecule has 7 nitrogen and oxygen atoms in total. The maximum Gasteiger partial charge on any atom is 0.335 e. The number of carboxylic acids is 1. The molecule has 0 unspecified atom stereocenters. The highest BCUT2D eigenvalue weighted by Gasteiger charge is 2.20. The monoisotopic (exact) mass is 505 g/mol. The molecular weight excluding hydrogens is 473 g/mol. The number of pyridine rings is 1. The summed E-state index contributed by atoms with van der Waals surface area (Å²) >= 11 is 0. The van der Waals surface area contributed by atoms with Crippen molar-refractivity contribution in [2.75, 3.05) is 29.9 Å². The van der Waals surface area contributed by atoms with Gasteiger partial charge in [-0.3, -0.25) is 4.79 Å². The van der Waals surface area contributed by atoms with Crippen molar-refractivity contribution in [1.29, 1.82) is 0 Å². The van der Waals surface area contributed by atoms with Crippen molar-refractivity contribution < 1.29 is 23.8 Å². The zero-order valence-electron chi connectivity index (χ0n) is 20.7. The summed E-state index contributed by atoms with van der Waals surface area (Å²) in [7, 11) is 0. The quantitative estimate of drug-likeness (QED) is 0.456. The van der Waals surface area contributed by atoms with Gasteiger partial charge in [0.15, 0.2) is 0 Å². The Hall–Kier alpha value is -3.78. The highest BCUT2D eigenvalue weighted by atomic mass is 19.1. The van der Waals surface area contributed by atoms with Crippen LogP contribution in [0.3, 0.4) is 0 Å². The second-order valence-corrected chi connectivity index (χ2v) is 9.37. The molecule has 8 heteroatoms. The van der Waals surface area contributed by atoms with E-state index in [1.807, 2.05) is 24.3 Å². The van der Waals surface area contributed by atoms with E-state index in [1.165, 1.54) is 12.2 Å². The highest BCUT2D eigenvalue weighted by Crippen LogP contribution is 2.24. The second-order valence-electron chi connectivity index (χ2n) is 9.37.